The molecule has 2 aromatic rings. The second-order valence-corrected chi connectivity index (χ2v) is 6.04. The monoisotopic (exact) mass is 281 g/mol. The quantitative estimate of drug-likeness (QED) is 0.917. The number of ether oxygens (including phenoxy) is 1. The van der Waals surface area contributed by atoms with Crippen LogP contribution in [0.2, 0.25) is 0 Å². The normalized spacial score (nSPS) is 17.6. The maximum atomic E-state index is 5.70. The van der Waals surface area contributed by atoms with E-state index in [0.29, 0.717) is 5.92 Å². The van der Waals surface area contributed by atoms with Crippen molar-refractivity contribution in [2.24, 2.45) is 0 Å². The number of fused-ring (bicyclic) bond motifs is 1. The number of nitrogens with one attached hydrogen (secondary N) is 1. The molecule has 1 aliphatic rings. The summed E-state index contributed by atoms with van der Waals surface area (Å²) < 4.78 is 5.70. The number of hydrogen-bond acceptors (Lipinski definition) is 2. The highest BCUT2D eigenvalue weighted by Gasteiger charge is 2.19. The number of benzene rings is 2. The van der Waals surface area contributed by atoms with Crippen LogP contribution < -0.4 is 10.1 Å². The molecule has 0 radical (unpaired) electrons. The van der Waals surface area contributed by atoms with Crippen LogP contribution in [0.1, 0.15) is 36.5 Å². The largest absolute Gasteiger partial charge is 0.491 e. The Bertz CT molecular complexity index is 589. The van der Waals surface area contributed by atoms with Gasteiger partial charge in [-0.3, -0.25) is 0 Å². The first-order chi connectivity index (χ1) is 10.2. The van der Waals surface area contributed by atoms with Gasteiger partial charge < -0.3 is 10.1 Å². The van der Waals surface area contributed by atoms with Crippen LogP contribution in [0.5, 0.6) is 5.75 Å². The summed E-state index contributed by atoms with van der Waals surface area (Å²) in [6.45, 7) is 6.16. The van der Waals surface area contributed by atoms with E-state index in [1.807, 2.05) is 0 Å². The van der Waals surface area contributed by atoms with E-state index in [2.05, 4.69) is 67.7 Å². The molecule has 0 fully saturated rings. The van der Waals surface area contributed by atoms with Gasteiger partial charge in [-0.1, -0.05) is 36.4 Å². The van der Waals surface area contributed by atoms with Gasteiger partial charge in [0.15, 0.2) is 0 Å². The third-order valence-corrected chi connectivity index (χ3v) is 3.98. The highest BCUT2D eigenvalue weighted by Crippen LogP contribution is 2.27. The van der Waals surface area contributed by atoms with Crippen LogP contribution in [0.3, 0.4) is 0 Å². The Morgan fingerprint density at radius 1 is 1.10 bits per heavy atom. The van der Waals surface area contributed by atoms with Crippen molar-refractivity contribution in [1.82, 2.24) is 5.32 Å². The lowest BCUT2D eigenvalue weighted by Crippen LogP contribution is -2.29. The van der Waals surface area contributed by atoms with Crippen molar-refractivity contribution in [2.75, 3.05) is 6.54 Å². The van der Waals surface area contributed by atoms with E-state index in [-0.39, 0.29) is 6.10 Å². The predicted molar refractivity (Wildman–Crippen MR) is 86.8 cm³/mol. The SMILES string of the molecule is CC(C)Oc1ccc(CC2CNCc3ccccc32)cc1. The maximum absolute atomic E-state index is 5.70. The van der Waals surface area contributed by atoms with Crippen LogP contribution in [0, 0.1) is 0 Å². The summed E-state index contributed by atoms with van der Waals surface area (Å²) in [5.41, 5.74) is 4.31. The molecule has 1 atom stereocenters. The van der Waals surface area contributed by atoms with E-state index in [4.69, 9.17) is 4.74 Å². The zero-order valence-corrected chi connectivity index (χ0v) is 12.8. The summed E-state index contributed by atoms with van der Waals surface area (Å²) >= 11 is 0. The van der Waals surface area contributed by atoms with Crippen molar-refractivity contribution >= 4 is 0 Å². The lowest BCUT2D eigenvalue weighted by Gasteiger charge is -2.26. The topological polar surface area (TPSA) is 21.3 Å². The van der Waals surface area contributed by atoms with Crippen molar-refractivity contribution in [3.8, 4) is 5.75 Å². The standard InChI is InChI=1S/C19H23NO/c1-14(2)21-18-9-7-15(8-10-18)11-17-13-20-12-16-5-3-4-6-19(16)17/h3-10,14,17,20H,11-13H2,1-2H3. The van der Waals surface area contributed by atoms with E-state index < -0.39 is 0 Å². The first kappa shape index (κ1) is 14.2. The van der Waals surface area contributed by atoms with E-state index in [0.717, 1.165) is 25.3 Å². The van der Waals surface area contributed by atoms with Gasteiger partial charge in [-0.15, -0.1) is 0 Å². The summed E-state index contributed by atoms with van der Waals surface area (Å²) in [5.74, 6) is 1.52. The van der Waals surface area contributed by atoms with Crippen LogP contribution in [0.15, 0.2) is 48.5 Å². The molecule has 0 aliphatic carbocycles. The molecule has 0 spiro atoms. The molecule has 3 rings (SSSR count). The minimum absolute atomic E-state index is 0.227. The molecule has 2 nitrogen and oxygen atoms in total. The number of rotatable bonds is 4. The second-order valence-electron chi connectivity index (χ2n) is 6.04. The average molecular weight is 281 g/mol. The Balaban J connectivity index is 1.73. The fourth-order valence-corrected chi connectivity index (χ4v) is 3.03. The average Bonchev–Trinajstić information content (AvgIpc) is 2.49. The zero-order valence-electron chi connectivity index (χ0n) is 12.8. The van der Waals surface area contributed by atoms with Crippen LogP contribution in [-0.4, -0.2) is 12.6 Å². The Morgan fingerprint density at radius 2 is 1.86 bits per heavy atom. The molecule has 110 valence electrons. The first-order valence-corrected chi connectivity index (χ1v) is 7.76. The summed E-state index contributed by atoms with van der Waals surface area (Å²) in [4.78, 5) is 0. The highest BCUT2D eigenvalue weighted by molar-refractivity contribution is 5.35. The fraction of sp³-hybridized carbons (Fsp3) is 0.368. The van der Waals surface area contributed by atoms with Gasteiger partial charge in [-0.25, -0.2) is 0 Å². The first-order valence-electron chi connectivity index (χ1n) is 7.76. The van der Waals surface area contributed by atoms with E-state index in [1.54, 1.807) is 0 Å². The van der Waals surface area contributed by atoms with Gasteiger partial charge in [-0.2, -0.15) is 0 Å². The van der Waals surface area contributed by atoms with Crippen LogP contribution in [0.4, 0.5) is 0 Å². The highest BCUT2D eigenvalue weighted by atomic mass is 16.5. The molecule has 2 aromatic carbocycles. The molecule has 1 heterocycles. The predicted octanol–water partition coefficient (Wildman–Crippen LogP) is 3.90. The summed E-state index contributed by atoms with van der Waals surface area (Å²) in [6, 6.07) is 17.3. The summed E-state index contributed by atoms with van der Waals surface area (Å²) in [6.07, 6.45) is 1.30. The van der Waals surface area contributed by atoms with Crippen molar-refractivity contribution in [2.45, 2.75) is 38.8 Å². The molecule has 0 amide bonds. The zero-order chi connectivity index (χ0) is 14.7. The molecular formula is C19H23NO. The van der Waals surface area contributed by atoms with Gasteiger partial charge in [-0.05, 0) is 49.1 Å². The van der Waals surface area contributed by atoms with Gasteiger partial charge in [0.25, 0.3) is 0 Å². The minimum atomic E-state index is 0.227. The van der Waals surface area contributed by atoms with Gasteiger partial charge in [0.1, 0.15) is 5.75 Å². The third-order valence-electron chi connectivity index (χ3n) is 3.98. The van der Waals surface area contributed by atoms with E-state index >= 15 is 0 Å². The van der Waals surface area contributed by atoms with E-state index in [1.165, 1.54) is 16.7 Å². The fourth-order valence-electron chi connectivity index (χ4n) is 3.03. The molecule has 0 saturated carbocycles. The van der Waals surface area contributed by atoms with Crippen molar-refractivity contribution < 1.29 is 4.74 Å². The molecule has 0 bridgehead atoms. The smallest absolute Gasteiger partial charge is 0.119 e. The summed E-state index contributed by atoms with van der Waals surface area (Å²) in [7, 11) is 0. The van der Waals surface area contributed by atoms with Gasteiger partial charge in [0, 0.05) is 19.0 Å². The number of hydrogen-bond donors (Lipinski definition) is 1. The molecule has 2 heteroatoms. The lowest BCUT2D eigenvalue weighted by atomic mass is 9.86. The minimum Gasteiger partial charge on any atom is -0.491 e. The van der Waals surface area contributed by atoms with Gasteiger partial charge >= 0.3 is 0 Å². The van der Waals surface area contributed by atoms with Crippen LogP contribution in [-0.2, 0) is 13.0 Å². The third kappa shape index (κ3) is 3.45. The Labute approximate surface area is 127 Å². The molecule has 0 aromatic heterocycles. The Hall–Kier alpha value is -1.80. The summed E-state index contributed by atoms with van der Waals surface area (Å²) in [5, 5.41) is 3.52. The molecular weight excluding hydrogens is 258 g/mol. The van der Waals surface area contributed by atoms with Crippen LogP contribution in [0.25, 0.3) is 0 Å². The van der Waals surface area contributed by atoms with Gasteiger partial charge in [0.2, 0.25) is 0 Å². The van der Waals surface area contributed by atoms with Crippen molar-refractivity contribution in [1.29, 1.82) is 0 Å². The molecule has 1 aliphatic heterocycles. The van der Waals surface area contributed by atoms with Gasteiger partial charge in [0.05, 0.1) is 6.10 Å². The molecule has 1 unspecified atom stereocenters. The lowest BCUT2D eigenvalue weighted by molar-refractivity contribution is 0.242. The Morgan fingerprint density at radius 3 is 2.62 bits per heavy atom. The molecule has 1 N–H and O–H groups in total. The molecule has 0 saturated heterocycles. The van der Waals surface area contributed by atoms with Crippen molar-refractivity contribution in [3.63, 3.8) is 0 Å². The van der Waals surface area contributed by atoms with Crippen LogP contribution >= 0.6 is 0 Å². The maximum Gasteiger partial charge on any atom is 0.119 e. The van der Waals surface area contributed by atoms with E-state index in [9.17, 15) is 0 Å². The Kier molecular flexibility index (Phi) is 4.26. The second kappa shape index (κ2) is 6.31. The van der Waals surface area contributed by atoms with Crippen molar-refractivity contribution in [3.05, 3.63) is 65.2 Å². The molecule has 21 heavy (non-hydrogen) atoms.